The molecule has 23 heavy (non-hydrogen) atoms. The topological polar surface area (TPSA) is 26.3 Å². The van der Waals surface area contributed by atoms with Crippen molar-refractivity contribution < 1.29 is 9.53 Å². The number of Topliss-reactive ketones (excluding diaryl/α,β-unsaturated/α-hetero) is 1. The Bertz CT molecular complexity index is 644. The molecule has 0 fully saturated rings. The second kappa shape index (κ2) is 7.96. The molecule has 2 nitrogen and oxygen atoms in total. The van der Waals surface area contributed by atoms with E-state index in [0.717, 1.165) is 22.4 Å². The van der Waals surface area contributed by atoms with Crippen molar-refractivity contribution in [3.05, 3.63) is 65.2 Å². The third-order valence-electron chi connectivity index (χ3n) is 4.19. The summed E-state index contributed by atoms with van der Waals surface area (Å²) < 4.78 is 5.87. The van der Waals surface area contributed by atoms with Gasteiger partial charge in [0.1, 0.15) is 18.1 Å². The Morgan fingerprint density at radius 2 is 1.78 bits per heavy atom. The Hall–Kier alpha value is -2.09. The van der Waals surface area contributed by atoms with E-state index in [9.17, 15) is 4.79 Å². The Morgan fingerprint density at radius 1 is 1.09 bits per heavy atom. The van der Waals surface area contributed by atoms with Crippen molar-refractivity contribution in [2.24, 2.45) is 5.92 Å². The quantitative estimate of drug-likeness (QED) is 0.694. The summed E-state index contributed by atoms with van der Waals surface area (Å²) in [5.74, 6) is 1.43. The lowest BCUT2D eigenvalue weighted by atomic mass is 9.82. The molecule has 1 atom stereocenters. The van der Waals surface area contributed by atoms with Crippen LogP contribution in [0.5, 0.6) is 5.75 Å². The first kappa shape index (κ1) is 17.3. The molecule has 0 aliphatic carbocycles. The monoisotopic (exact) mass is 310 g/mol. The number of rotatable bonds is 7. The van der Waals surface area contributed by atoms with Crippen LogP contribution in [-0.4, -0.2) is 5.78 Å². The summed E-state index contributed by atoms with van der Waals surface area (Å²) in [5.41, 5.74) is 3.39. The largest absolute Gasteiger partial charge is 0.489 e. The second-order valence-electron chi connectivity index (χ2n) is 6.33. The molecular formula is C21H26O2. The van der Waals surface area contributed by atoms with E-state index in [4.69, 9.17) is 4.74 Å². The van der Waals surface area contributed by atoms with Crippen LogP contribution in [0.25, 0.3) is 0 Å². The molecule has 0 spiro atoms. The van der Waals surface area contributed by atoms with E-state index in [0.29, 0.717) is 24.7 Å². The van der Waals surface area contributed by atoms with Crippen LogP contribution in [0.3, 0.4) is 0 Å². The predicted molar refractivity (Wildman–Crippen MR) is 94.8 cm³/mol. The van der Waals surface area contributed by atoms with Crippen LogP contribution >= 0.6 is 0 Å². The van der Waals surface area contributed by atoms with Gasteiger partial charge >= 0.3 is 0 Å². The van der Waals surface area contributed by atoms with Gasteiger partial charge in [-0.15, -0.1) is 0 Å². The molecular weight excluding hydrogens is 284 g/mol. The Balaban J connectivity index is 2.15. The van der Waals surface area contributed by atoms with Crippen LogP contribution in [0.1, 0.15) is 49.8 Å². The molecule has 2 aromatic rings. The molecule has 122 valence electrons. The second-order valence-corrected chi connectivity index (χ2v) is 6.33. The number of carbonyl (C=O) groups excluding carboxylic acids is 1. The Kier molecular flexibility index (Phi) is 5.97. The number of hydrogen-bond acceptors (Lipinski definition) is 2. The highest BCUT2D eigenvalue weighted by atomic mass is 16.5. The van der Waals surface area contributed by atoms with Gasteiger partial charge in [0.2, 0.25) is 0 Å². The zero-order chi connectivity index (χ0) is 16.8. The van der Waals surface area contributed by atoms with Crippen molar-refractivity contribution in [3.63, 3.8) is 0 Å². The minimum Gasteiger partial charge on any atom is -0.489 e. The number of benzene rings is 2. The Labute approximate surface area is 139 Å². The highest BCUT2D eigenvalue weighted by molar-refractivity contribution is 5.86. The van der Waals surface area contributed by atoms with Gasteiger partial charge in [0.15, 0.2) is 0 Å². The molecule has 1 unspecified atom stereocenters. The van der Waals surface area contributed by atoms with Crippen molar-refractivity contribution in [1.29, 1.82) is 0 Å². The van der Waals surface area contributed by atoms with E-state index in [1.54, 1.807) is 0 Å². The van der Waals surface area contributed by atoms with Gasteiger partial charge in [-0.05, 0) is 41.7 Å². The minimum absolute atomic E-state index is 0.0248. The molecule has 0 heterocycles. The smallest absolute Gasteiger partial charge is 0.140 e. The lowest BCUT2D eigenvalue weighted by Gasteiger charge is -2.22. The van der Waals surface area contributed by atoms with Crippen LogP contribution < -0.4 is 4.74 Å². The fraction of sp³-hybridized carbons (Fsp3) is 0.381. The Morgan fingerprint density at radius 3 is 2.35 bits per heavy atom. The van der Waals surface area contributed by atoms with Crippen molar-refractivity contribution in [2.45, 2.75) is 46.6 Å². The summed E-state index contributed by atoms with van der Waals surface area (Å²) in [7, 11) is 0. The van der Waals surface area contributed by atoms with Crippen LogP contribution in [0.2, 0.25) is 0 Å². The highest BCUT2D eigenvalue weighted by Crippen LogP contribution is 2.31. The van der Waals surface area contributed by atoms with Crippen molar-refractivity contribution in [2.75, 3.05) is 0 Å². The van der Waals surface area contributed by atoms with Gasteiger partial charge in [0.25, 0.3) is 0 Å². The van der Waals surface area contributed by atoms with Crippen molar-refractivity contribution in [1.82, 2.24) is 0 Å². The fourth-order valence-corrected chi connectivity index (χ4v) is 2.95. The molecule has 0 aliphatic heterocycles. The van der Waals surface area contributed by atoms with Gasteiger partial charge in [-0.1, -0.05) is 57.2 Å². The van der Waals surface area contributed by atoms with Crippen LogP contribution in [0.4, 0.5) is 0 Å². The normalized spacial score (nSPS) is 12.2. The third-order valence-corrected chi connectivity index (χ3v) is 4.19. The molecule has 2 heteroatoms. The fourth-order valence-electron chi connectivity index (χ4n) is 2.95. The van der Waals surface area contributed by atoms with E-state index in [1.807, 2.05) is 43.3 Å². The summed E-state index contributed by atoms with van der Waals surface area (Å²) in [6.07, 6.45) is 0.578. The zero-order valence-electron chi connectivity index (χ0n) is 14.5. The molecule has 0 radical (unpaired) electrons. The predicted octanol–water partition coefficient (Wildman–Crippen LogP) is 5.29. The van der Waals surface area contributed by atoms with Gasteiger partial charge in [0.05, 0.1) is 0 Å². The first-order chi connectivity index (χ1) is 11.0. The van der Waals surface area contributed by atoms with Gasteiger partial charge in [-0.25, -0.2) is 0 Å². The molecule has 0 N–H and O–H groups in total. The molecule has 0 saturated carbocycles. The molecule has 0 saturated heterocycles. The third kappa shape index (κ3) is 4.44. The van der Waals surface area contributed by atoms with E-state index in [-0.39, 0.29) is 5.92 Å². The highest BCUT2D eigenvalue weighted by Gasteiger charge is 2.24. The summed E-state index contributed by atoms with van der Waals surface area (Å²) >= 11 is 0. The average Bonchev–Trinajstić information content (AvgIpc) is 2.55. The van der Waals surface area contributed by atoms with Crippen LogP contribution in [0, 0.1) is 12.8 Å². The first-order valence-corrected chi connectivity index (χ1v) is 8.33. The van der Waals surface area contributed by atoms with Gasteiger partial charge in [-0.3, -0.25) is 4.79 Å². The van der Waals surface area contributed by atoms with Crippen molar-refractivity contribution >= 4 is 5.78 Å². The summed E-state index contributed by atoms with van der Waals surface area (Å²) in [6, 6.07) is 16.2. The lowest BCUT2D eigenvalue weighted by molar-refractivity contribution is -0.121. The van der Waals surface area contributed by atoms with Crippen molar-refractivity contribution in [3.8, 4) is 5.75 Å². The average molecular weight is 310 g/mol. The summed E-state index contributed by atoms with van der Waals surface area (Å²) in [5, 5.41) is 0. The number of ketones is 1. The maximum atomic E-state index is 12.3. The van der Waals surface area contributed by atoms with Crippen LogP contribution in [-0.2, 0) is 11.4 Å². The number of ether oxygens (including phenoxy) is 1. The molecule has 0 aromatic heterocycles. The van der Waals surface area contributed by atoms with Gasteiger partial charge in [0, 0.05) is 12.3 Å². The molecule has 0 aliphatic rings. The first-order valence-electron chi connectivity index (χ1n) is 8.33. The zero-order valence-corrected chi connectivity index (χ0v) is 14.5. The molecule has 2 aromatic carbocycles. The lowest BCUT2D eigenvalue weighted by Crippen LogP contribution is -2.18. The number of aryl methyl sites for hydroxylation is 1. The number of carbonyl (C=O) groups is 1. The maximum absolute atomic E-state index is 12.3. The molecule has 2 rings (SSSR count). The molecule has 0 amide bonds. The van der Waals surface area contributed by atoms with E-state index in [1.165, 1.54) is 0 Å². The van der Waals surface area contributed by atoms with Gasteiger partial charge in [-0.2, -0.15) is 0 Å². The van der Waals surface area contributed by atoms with Gasteiger partial charge < -0.3 is 4.74 Å². The van der Waals surface area contributed by atoms with E-state index < -0.39 is 0 Å². The SMILES string of the molecule is CCC(=O)C(c1ccc(OCc2ccccc2)cc1C)C(C)C. The maximum Gasteiger partial charge on any atom is 0.140 e. The van der Waals surface area contributed by atoms with E-state index in [2.05, 4.69) is 32.9 Å². The molecule has 0 bridgehead atoms. The summed E-state index contributed by atoms with van der Waals surface area (Å²) in [6.45, 7) is 8.77. The van der Waals surface area contributed by atoms with Crippen LogP contribution in [0.15, 0.2) is 48.5 Å². The number of hydrogen-bond donors (Lipinski definition) is 0. The standard InChI is InChI=1S/C21H26O2/c1-5-20(22)21(15(2)3)19-12-11-18(13-16(19)4)23-14-17-9-7-6-8-10-17/h6-13,15,21H,5,14H2,1-4H3. The minimum atomic E-state index is -0.0248. The summed E-state index contributed by atoms with van der Waals surface area (Å²) in [4.78, 5) is 12.3. The van der Waals surface area contributed by atoms with E-state index >= 15 is 0 Å².